The van der Waals surface area contributed by atoms with Crippen LogP contribution in [0.15, 0.2) is 24.3 Å². The Balaban J connectivity index is 0.00000208. The van der Waals surface area contributed by atoms with Crippen LogP contribution in [0, 0.1) is 5.82 Å². The van der Waals surface area contributed by atoms with Crippen molar-refractivity contribution in [2.45, 2.75) is 12.5 Å². The minimum atomic E-state index is -0.410. The second-order valence-electron chi connectivity index (χ2n) is 5.75. The molecule has 3 rings (SSSR count). The van der Waals surface area contributed by atoms with E-state index in [1.54, 1.807) is 28.8 Å². The standard InChI is InChI=1S/C16H20FN3O2S.ClH/c17-13-4-1-3-12(9-13)15(21)19-5-2-6-20(8-7-19)16(22)14-10-23-11-18-14;/h1,3-4,9,14,18H,2,5-8,10-11H2;1H. The number of nitrogens with one attached hydrogen (secondary N) is 1. The summed E-state index contributed by atoms with van der Waals surface area (Å²) in [5.41, 5.74) is 0.360. The van der Waals surface area contributed by atoms with Gasteiger partial charge in [-0.3, -0.25) is 14.9 Å². The second kappa shape index (κ2) is 8.69. The molecule has 5 nitrogen and oxygen atoms in total. The fourth-order valence-electron chi connectivity index (χ4n) is 2.92. The Morgan fingerprint density at radius 2 is 1.92 bits per heavy atom. The highest BCUT2D eigenvalue weighted by atomic mass is 35.5. The van der Waals surface area contributed by atoms with Gasteiger partial charge in [-0.05, 0) is 24.6 Å². The molecule has 1 atom stereocenters. The lowest BCUT2D eigenvalue weighted by molar-refractivity contribution is -0.132. The molecule has 0 spiro atoms. The number of carbonyl (C=O) groups is 2. The summed E-state index contributed by atoms with van der Waals surface area (Å²) in [5, 5.41) is 3.19. The third-order valence-electron chi connectivity index (χ3n) is 4.18. The molecule has 2 aliphatic rings. The summed E-state index contributed by atoms with van der Waals surface area (Å²) in [6.07, 6.45) is 0.743. The van der Waals surface area contributed by atoms with Gasteiger partial charge in [-0.15, -0.1) is 24.2 Å². The van der Waals surface area contributed by atoms with Crippen LogP contribution >= 0.6 is 24.2 Å². The number of amides is 2. The van der Waals surface area contributed by atoms with Crippen molar-refractivity contribution in [2.24, 2.45) is 0 Å². The second-order valence-corrected chi connectivity index (χ2v) is 6.78. The van der Waals surface area contributed by atoms with E-state index in [4.69, 9.17) is 0 Å². The highest BCUT2D eigenvalue weighted by Gasteiger charge is 2.29. The largest absolute Gasteiger partial charge is 0.339 e. The smallest absolute Gasteiger partial charge is 0.254 e. The number of thioether (sulfide) groups is 1. The van der Waals surface area contributed by atoms with Crippen LogP contribution in [-0.4, -0.2) is 65.5 Å². The molecule has 0 saturated carbocycles. The van der Waals surface area contributed by atoms with Crippen molar-refractivity contribution in [1.29, 1.82) is 0 Å². The van der Waals surface area contributed by atoms with Crippen molar-refractivity contribution in [2.75, 3.05) is 37.8 Å². The van der Waals surface area contributed by atoms with E-state index in [2.05, 4.69) is 5.32 Å². The molecule has 132 valence electrons. The van der Waals surface area contributed by atoms with Crippen LogP contribution < -0.4 is 5.32 Å². The highest BCUT2D eigenvalue weighted by molar-refractivity contribution is 7.99. The van der Waals surface area contributed by atoms with E-state index in [0.29, 0.717) is 31.7 Å². The molecule has 1 N–H and O–H groups in total. The Kier molecular flexibility index (Phi) is 6.89. The minimum Gasteiger partial charge on any atom is -0.339 e. The normalized spacial score (nSPS) is 21.1. The fourth-order valence-corrected chi connectivity index (χ4v) is 3.85. The SMILES string of the molecule is Cl.O=C(c1cccc(F)c1)N1CCCN(C(=O)C2CSCN2)CC1. The van der Waals surface area contributed by atoms with E-state index in [0.717, 1.165) is 18.1 Å². The van der Waals surface area contributed by atoms with Gasteiger partial charge in [0.25, 0.3) is 5.91 Å². The lowest BCUT2D eigenvalue weighted by atomic mass is 10.2. The quantitative estimate of drug-likeness (QED) is 0.855. The number of nitrogens with zero attached hydrogens (tertiary/aromatic N) is 2. The molecule has 2 amide bonds. The van der Waals surface area contributed by atoms with Crippen LogP contribution in [0.5, 0.6) is 0 Å². The molecule has 24 heavy (non-hydrogen) atoms. The Morgan fingerprint density at radius 3 is 2.62 bits per heavy atom. The summed E-state index contributed by atoms with van der Waals surface area (Å²) in [6, 6.07) is 5.64. The predicted molar refractivity (Wildman–Crippen MR) is 95.0 cm³/mol. The van der Waals surface area contributed by atoms with Gasteiger partial charge in [0.05, 0.1) is 6.04 Å². The average Bonchev–Trinajstić information content (AvgIpc) is 2.98. The maximum absolute atomic E-state index is 13.3. The Hall–Kier alpha value is -1.31. The van der Waals surface area contributed by atoms with Gasteiger partial charge in [-0.1, -0.05) is 6.07 Å². The summed E-state index contributed by atoms with van der Waals surface area (Å²) < 4.78 is 13.3. The van der Waals surface area contributed by atoms with Crippen LogP contribution in [0.4, 0.5) is 4.39 Å². The lowest BCUT2D eigenvalue weighted by Crippen LogP contribution is -2.46. The van der Waals surface area contributed by atoms with Crippen molar-refractivity contribution in [3.8, 4) is 0 Å². The molecular weight excluding hydrogens is 353 g/mol. The van der Waals surface area contributed by atoms with E-state index in [1.165, 1.54) is 12.1 Å². The summed E-state index contributed by atoms with van der Waals surface area (Å²) in [7, 11) is 0. The zero-order valence-electron chi connectivity index (χ0n) is 13.2. The topological polar surface area (TPSA) is 52.7 Å². The van der Waals surface area contributed by atoms with Crippen LogP contribution in [0.3, 0.4) is 0 Å². The van der Waals surface area contributed by atoms with Crippen LogP contribution in [-0.2, 0) is 4.79 Å². The van der Waals surface area contributed by atoms with Crippen molar-refractivity contribution >= 4 is 36.0 Å². The van der Waals surface area contributed by atoms with E-state index >= 15 is 0 Å². The Bertz CT molecular complexity index is 598. The van der Waals surface area contributed by atoms with E-state index in [-0.39, 0.29) is 30.3 Å². The van der Waals surface area contributed by atoms with Crippen LogP contribution in [0.1, 0.15) is 16.8 Å². The van der Waals surface area contributed by atoms with Gasteiger partial charge < -0.3 is 9.80 Å². The van der Waals surface area contributed by atoms with E-state index in [9.17, 15) is 14.0 Å². The number of hydrogen-bond acceptors (Lipinski definition) is 4. The minimum absolute atomic E-state index is 0. The summed E-state index contributed by atoms with van der Waals surface area (Å²) in [6.45, 7) is 2.27. The molecule has 2 heterocycles. The van der Waals surface area contributed by atoms with Crippen molar-refractivity contribution in [3.05, 3.63) is 35.6 Å². The third-order valence-corrected chi connectivity index (χ3v) is 5.12. The van der Waals surface area contributed by atoms with Crippen molar-refractivity contribution in [3.63, 3.8) is 0 Å². The number of carbonyl (C=O) groups excluding carboxylic acids is 2. The first-order valence-corrected chi connectivity index (χ1v) is 8.95. The molecule has 0 aromatic heterocycles. The molecule has 0 aliphatic carbocycles. The summed E-state index contributed by atoms with van der Waals surface area (Å²) in [4.78, 5) is 28.5. The van der Waals surface area contributed by atoms with E-state index in [1.807, 2.05) is 4.90 Å². The molecule has 1 aromatic rings. The maximum atomic E-state index is 13.3. The van der Waals surface area contributed by atoms with Crippen molar-refractivity contribution < 1.29 is 14.0 Å². The zero-order chi connectivity index (χ0) is 16.2. The van der Waals surface area contributed by atoms with Gasteiger partial charge in [0, 0.05) is 43.4 Å². The first-order valence-electron chi connectivity index (χ1n) is 7.80. The van der Waals surface area contributed by atoms with Gasteiger partial charge >= 0.3 is 0 Å². The molecule has 1 aromatic carbocycles. The molecule has 0 radical (unpaired) electrons. The number of benzene rings is 1. The summed E-state index contributed by atoms with van der Waals surface area (Å²) >= 11 is 1.73. The molecule has 8 heteroatoms. The Labute approximate surface area is 151 Å². The number of halogens is 2. The molecule has 1 unspecified atom stereocenters. The average molecular weight is 374 g/mol. The molecule has 2 fully saturated rings. The first kappa shape index (κ1) is 19.0. The van der Waals surface area contributed by atoms with E-state index < -0.39 is 5.82 Å². The van der Waals surface area contributed by atoms with Crippen LogP contribution in [0.25, 0.3) is 0 Å². The molecule has 2 saturated heterocycles. The first-order chi connectivity index (χ1) is 11.1. The Morgan fingerprint density at radius 1 is 1.17 bits per heavy atom. The fraction of sp³-hybridized carbons (Fsp3) is 0.500. The van der Waals surface area contributed by atoms with Gasteiger partial charge in [-0.25, -0.2) is 4.39 Å². The summed E-state index contributed by atoms with van der Waals surface area (Å²) in [5.74, 6) is 1.16. The highest BCUT2D eigenvalue weighted by Crippen LogP contribution is 2.15. The zero-order valence-corrected chi connectivity index (χ0v) is 14.9. The van der Waals surface area contributed by atoms with Gasteiger partial charge in [-0.2, -0.15) is 0 Å². The number of rotatable bonds is 2. The predicted octanol–water partition coefficient (Wildman–Crippen LogP) is 1.58. The van der Waals surface area contributed by atoms with Crippen LogP contribution in [0.2, 0.25) is 0 Å². The van der Waals surface area contributed by atoms with Gasteiger partial charge in [0.1, 0.15) is 5.82 Å². The molecule has 0 bridgehead atoms. The van der Waals surface area contributed by atoms with Gasteiger partial charge in [0.15, 0.2) is 0 Å². The monoisotopic (exact) mass is 373 g/mol. The maximum Gasteiger partial charge on any atom is 0.254 e. The lowest BCUT2D eigenvalue weighted by Gasteiger charge is -2.24. The molecule has 2 aliphatic heterocycles. The number of hydrogen-bond donors (Lipinski definition) is 1. The van der Waals surface area contributed by atoms with Crippen molar-refractivity contribution in [1.82, 2.24) is 15.1 Å². The third kappa shape index (κ3) is 4.40. The molecular formula is C16H21ClFN3O2S. The van der Waals surface area contributed by atoms with Gasteiger partial charge in [0.2, 0.25) is 5.91 Å².